The van der Waals surface area contributed by atoms with Crippen molar-refractivity contribution < 1.29 is 9.53 Å². The highest BCUT2D eigenvalue weighted by atomic mass is 79.9. The molecule has 0 aliphatic heterocycles. The molecule has 0 spiro atoms. The fourth-order valence-electron chi connectivity index (χ4n) is 1.56. The van der Waals surface area contributed by atoms with Crippen molar-refractivity contribution in [1.82, 2.24) is 20.2 Å². The quantitative estimate of drug-likeness (QED) is 0.728. The Labute approximate surface area is 129 Å². The third kappa shape index (κ3) is 2.87. The molecule has 0 radical (unpaired) electrons. The molecule has 0 atom stereocenters. The number of hydrogen-bond acceptors (Lipinski definition) is 6. The van der Waals surface area contributed by atoms with Crippen molar-refractivity contribution in [1.29, 1.82) is 0 Å². The van der Waals surface area contributed by atoms with Crippen molar-refractivity contribution in [2.45, 2.75) is 25.5 Å². The highest BCUT2D eigenvalue weighted by Gasteiger charge is 2.28. The maximum Gasteiger partial charge on any atom is 0.348 e. The normalized spacial score (nSPS) is 14.6. The molecule has 1 aliphatic rings. The second-order valence-corrected chi connectivity index (χ2v) is 7.30. The summed E-state index contributed by atoms with van der Waals surface area (Å²) in [7, 11) is 0. The minimum atomic E-state index is -0.373. The van der Waals surface area contributed by atoms with E-state index in [-0.39, 0.29) is 12.6 Å². The molecule has 0 bridgehead atoms. The second kappa shape index (κ2) is 5.29. The second-order valence-electron chi connectivity index (χ2n) is 4.08. The van der Waals surface area contributed by atoms with E-state index in [1.165, 1.54) is 11.3 Å². The van der Waals surface area contributed by atoms with Crippen LogP contribution >= 0.6 is 43.2 Å². The third-order valence-corrected chi connectivity index (χ3v) is 5.87. The van der Waals surface area contributed by atoms with Crippen molar-refractivity contribution in [2.75, 3.05) is 0 Å². The van der Waals surface area contributed by atoms with Gasteiger partial charge in [0, 0.05) is 4.47 Å². The number of carbonyl (C=O) groups is 1. The summed E-state index contributed by atoms with van der Waals surface area (Å²) in [4.78, 5) is 12.4. The average Bonchev–Trinajstić information content (AvgIpc) is 3.04. The van der Waals surface area contributed by atoms with Gasteiger partial charge in [0.15, 0.2) is 12.4 Å². The van der Waals surface area contributed by atoms with Crippen molar-refractivity contribution in [3.05, 3.63) is 25.0 Å². The monoisotopic (exact) mass is 406 g/mol. The molecule has 1 fully saturated rings. The number of tetrazole rings is 1. The molecule has 3 rings (SSSR count). The fourth-order valence-corrected chi connectivity index (χ4v) is 3.49. The summed E-state index contributed by atoms with van der Waals surface area (Å²) >= 11 is 7.99. The van der Waals surface area contributed by atoms with E-state index in [4.69, 9.17) is 4.74 Å². The van der Waals surface area contributed by atoms with Gasteiger partial charge in [0.1, 0.15) is 4.88 Å². The summed E-state index contributed by atoms with van der Waals surface area (Å²) in [5.74, 6) is 0.215. The molecule has 9 heteroatoms. The Hall–Kier alpha value is -0.800. The van der Waals surface area contributed by atoms with E-state index in [2.05, 4.69) is 47.4 Å². The minimum Gasteiger partial charge on any atom is -0.453 e. The van der Waals surface area contributed by atoms with Gasteiger partial charge >= 0.3 is 5.97 Å². The molecule has 2 heterocycles. The van der Waals surface area contributed by atoms with Crippen molar-refractivity contribution >= 4 is 49.2 Å². The first kappa shape index (κ1) is 13.2. The van der Waals surface area contributed by atoms with Crippen LogP contribution in [0, 0.1) is 0 Å². The number of halogens is 2. The standard InChI is InChI=1S/C10H8Br2N4O2S/c11-6-3-7(19-9(6)12)10(17)18-4-8-13-14-15-16(8)5-1-2-5/h3,5H,1-2,4H2. The van der Waals surface area contributed by atoms with Crippen LogP contribution < -0.4 is 0 Å². The molecule has 6 nitrogen and oxygen atoms in total. The predicted molar refractivity (Wildman–Crippen MR) is 74.9 cm³/mol. The summed E-state index contributed by atoms with van der Waals surface area (Å²) in [6.07, 6.45) is 2.16. The lowest BCUT2D eigenvalue weighted by atomic mass is 10.5. The molecule has 2 aromatic rings. The molecule has 0 aromatic carbocycles. The highest BCUT2D eigenvalue weighted by molar-refractivity contribution is 9.13. The van der Waals surface area contributed by atoms with E-state index < -0.39 is 0 Å². The Morgan fingerprint density at radius 2 is 2.32 bits per heavy atom. The third-order valence-electron chi connectivity index (χ3n) is 2.63. The maximum atomic E-state index is 11.9. The lowest BCUT2D eigenvalue weighted by molar-refractivity contribution is 0.0462. The van der Waals surface area contributed by atoms with E-state index in [0.717, 1.165) is 21.1 Å². The van der Waals surface area contributed by atoms with Gasteiger partial charge in [0.05, 0.1) is 9.83 Å². The van der Waals surface area contributed by atoms with Crippen LogP contribution in [0.5, 0.6) is 0 Å². The summed E-state index contributed by atoms with van der Waals surface area (Å²) in [5, 5.41) is 11.4. The first-order chi connectivity index (χ1) is 9.15. The smallest absolute Gasteiger partial charge is 0.348 e. The molecular formula is C10H8Br2N4O2S. The van der Waals surface area contributed by atoms with E-state index in [1.807, 2.05) is 0 Å². The number of nitrogens with zero attached hydrogens (tertiary/aromatic N) is 4. The van der Waals surface area contributed by atoms with Gasteiger partial charge in [-0.15, -0.1) is 16.4 Å². The molecule has 0 amide bonds. The van der Waals surface area contributed by atoms with Crippen LogP contribution in [-0.4, -0.2) is 26.2 Å². The van der Waals surface area contributed by atoms with Crippen LogP contribution in [-0.2, 0) is 11.3 Å². The van der Waals surface area contributed by atoms with Gasteiger partial charge in [-0.05, 0) is 61.2 Å². The zero-order valence-electron chi connectivity index (χ0n) is 9.55. The lowest BCUT2D eigenvalue weighted by Gasteiger charge is -2.03. The summed E-state index contributed by atoms with van der Waals surface area (Å²) in [6.45, 7) is 0.0927. The van der Waals surface area contributed by atoms with Gasteiger partial charge in [-0.25, -0.2) is 9.48 Å². The highest BCUT2D eigenvalue weighted by Crippen LogP contribution is 2.35. The summed E-state index contributed by atoms with van der Waals surface area (Å²) in [5.41, 5.74) is 0. The molecule has 100 valence electrons. The first-order valence-electron chi connectivity index (χ1n) is 5.54. The summed E-state index contributed by atoms with van der Waals surface area (Å²) < 4.78 is 8.66. The molecule has 2 aromatic heterocycles. The number of hydrogen-bond donors (Lipinski definition) is 0. The van der Waals surface area contributed by atoms with Crippen molar-refractivity contribution in [2.24, 2.45) is 0 Å². The molecule has 0 saturated heterocycles. The fraction of sp³-hybridized carbons (Fsp3) is 0.400. The minimum absolute atomic E-state index is 0.0927. The number of ether oxygens (including phenoxy) is 1. The zero-order chi connectivity index (χ0) is 13.4. The number of aromatic nitrogens is 4. The maximum absolute atomic E-state index is 11.9. The number of rotatable bonds is 4. The number of thiophene rings is 1. The van der Waals surface area contributed by atoms with Crippen LogP contribution in [0.2, 0.25) is 0 Å². The van der Waals surface area contributed by atoms with Gasteiger partial charge in [0.2, 0.25) is 0 Å². The Bertz CT molecular complexity index is 603. The topological polar surface area (TPSA) is 69.9 Å². The first-order valence-corrected chi connectivity index (χ1v) is 7.94. The van der Waals surface area contributed by atoms with Crippen LogP contribution in [0.25, 0.3) is 0 Å². The number of carbonyl (C=O) groups excluding carboxylic acids is 1. The molecule has 1 aliphatic carbocycles. The van der Waals surface area contributed by atoms with E-state index in [9.17, 15) is 4.79 Å². The SMILES string of the molecule is O=C(OCc1nnnn1C1CC1)c1cc(Br)c(Br)s1. The van der Waals surface area contributed by atoms with Crippen molar-refractivity contribution in [3.8, 4) is 0 Å². The van der Waals surface area contributed by atoms with E-state index in [0.29, 0.717) is 16.7 Å². The molecule has 0 N–H and O–H groups in total. The summed E-state index contributed by atoms with van der Waals surface area (Å²) in [6, 6.07) is 2.09. The molecule has 1 saturated carbocycles. The van der Waals surface area contributed by atoms with Gasteiger partial charge in [-0.1, -0.05) is 0 Å². The molecular weight excluding hydrogens is 400 g/mol. The van der Waals surface area contributed by atoms with Crippen LogP contribution in [0.4, 0.5) is 0 Å². The predicted octanol–water partition coefficient (Wildman–Crippen LogP) is 2.95. The Morgan fingerprint density at radius 1 is 1.53 bits per heavy atom. The Balaban J connectivity index is 1.65. The Kier molecular flexibility index (Phi) is 3.68. The largest absolute Gasteiger partial charge is 0.453 e. The van der Waals surface area contributed by atoms with Crippen LogP contribution in [0.1, 0.15) is 34.4 Å². The Morgan fingerprint density at radius 3 is 2.95 bits per heavy atom. The van der Waals surface area contributed by atoms with Crippen LogP contribution in [0.3, 0.4) is 0 Å². The van der Waals surface area contributed by atoms with Gasteiger partial charge < -0.3 is 4.74 Å². The van der Waals surface area contributed by atoms with Gasteiger partial charge in [0.25, 0.3) is 0 Å². The molecule has 19 heavy (non-hydrogen) atoms. The van der Waals surface area contributed by atoms with Crippen LogP contribution in [0.15, 0.2) is 14.3 Å². The zero-order valence-corrected chi connectivity index (χ0v) is 13.5. The van der Waals surface area contributed by atoms with E-state index >= 15 is 0 Å². The van der Waals surface area contributed by atoms with Crippen molar-refractivity contribution in [3.63, 3.8) is 0 Å². The van der Waals surface area contributed by atoms with Gasteiger partial charge in [-0.2, -0.15) is 0 Å². The number of esters is 1. The lowest BCUT2D eigenvalue weighted by Crippen LogP contribution is -2.09. The van der Waals surface area contributed by atoms with E-state index in [1.54, 1.807) is 10.7 Å². The average molecular weight is 408 g/mol. The van der Waals surface area contributed by atoms with Gasteiger partial charge in [-0.3, -0.25) is 0 Å². The molecule has 0 unspecified atom stereocenters.